The standard InChI is InChI=1S/C15H19Cl2NO2/c1-2-9-4-3-5-11(6-9)20-15(19)10-7-12(16)14(17)13(18)8-10/h7-9,11H,2-6,18H2,1H3. The van der Waals surface area contributed by atoms with Crippen molar-refractivity contribution in [3.8, 4) is 0 Å². The topological polar surface area (TPSA) is 52.3 Å². The molecule has 20 heavy (non-hydrogen) atoms. The van der Waals surface area contributed by atoms with Crippen LogP contribution in [0.15, 0.2) is 12.1 Å². The first-order chi connectivity index (χ1) is 9.51. The number of hydrogen-bond acceptors (Lipinski definition) is 3. The molecule has 5 heteroatoms. The molecule has 2 unspecified atom stereocenters. The number of nitrogens with two attached hydrogens (primary N) is 1. The van der Waals surface area contributed by atoms with Crippen molar-refractivity contribution in [2.24, 2.45) is 5.92 Å². The van der Waals surface area contributed by atoms with Crippen LogP contribution in [0.25, 0.3) is 0 Å². The molecule has 2 rings (SSSR count). The summed E-state index contributed by atoms with van der Waals surface area (Å²) in [6, 6.07) is 3.01. The van der Waals surface area contributed by atoms with E-state index in [9.17, 15) is 4.79 Å². The van der Waals surface area contributed by atoms with Crippen LogP contribution in [-0.2, 0) is 4.74 Å². The molecule has 0 saturated heterocycles. The minimum Gasteiger partial charge on any atom is -0.459 e. The number of halogens is 2. The first-order valence-corrected chi connectivity index (χ1v) is 7.72. The van der Waals surface area contributed by atoms with Crippen molar-refractivity contribution in [1.29, 1.82) is 0 Å². The van der Waals surface area contributed by atoms with E-state index in [0.29, 0.717) is 17.2 Å². The molecule has 2 atom stereocenters. The summed E-state index contributed by atoms with van der Waals surface area (Å²) in [7, 11) is 0. The number of carbonyl (C=O) groups is 1. The average Bonchev–Trinajstić information content (AvgIpc) is 2.44. The van der Waals surface area contributed by atoms with Crippen LogP contribution in [0.2, 0.25) is 10.0 Å². The molecule has 0 bridgehead atoms. The van der Waals surface area contributed by atoms with Gasteiger partial charge in [-0.1, -0.05) is 43.0 Å². The predicted molar refractivity (Wildman–Crippen MR) is 82.3 cm³/mol. The Morgan fingerprint density at radius 2 is 2.15 bits per heavy atom. The van der Waals surface area contributed by atoms with Gasteiger partial charge < -0.3 is 10.5 Å². The van der Waals surface area contributed by atoms with Crippen molar-refractivity contribution in [3.05, 3.63) is 27.7 Å². The SMILES string of the molecule is CCC1CCCC(OC(=O)c2cc(N)c(Cl)c(Cl)c2)C1. The molecular formula is C15H19Cl2NO2. The molecule has 1 aromatic rings. The second kappa shape index (κ2) is 6.68. The highest BCUT2D eigenvalue weighted by molar-refractivity contribution is 6.43. The van der Waals surface area contributed by atoms with E-state index < -0.39 is 0 Å². The van der Waals surface area contributed by atoms with Crippen LogP contribution in [0.3, 0.4) is 0 Å². The lowest BCUT2D eigenvalue weighted by Gasteiger charge is -2.28. The minimum absolute atomic E-state index is 0.00289. The molecule has 110 valence electrons. The van der Waals surface area contributed by atoms with E-state index in [4.69, 9.17) is 33.7 Å². The van der Waals surface area contributed by atoms with Crippen molar-refractivity contribution < 1.29 is 9.53 Å². The molecule has 1 aliphatic carbocycles. The van der Waals surface area contributed by atoms with Crippen LogP contribution >= 0.6 is 23.2 Å². The van der Waals surface area contributed by atoms with Crippen LogP contribution in [0.4, 0.5) is 5.69 Å². The van der Waals surface area contributed by atoms with Crippen LogP contribution < -0.4 is 5.73 Å². The highest BCUT2D eigenvalue weighted by Crippen LogP contribution is 2.31. The van der Waals surface area contributed by atoms with Gasteiger partial charge in [0.1, 0.15) is 6.10 Å². The molecule has 0 amide bonds. The van der Waals surface area contributed by atoms with Gasteiger partial charge >= 0.3 is 5.97 Å². The van der Waals surface area contributed by atoms with Crippen molar-refractivity contribution >= 4 is 34.9 Å². The Morgan fingerprint density at radius 3 is 2.80 bits per heavy atom. The Balaban J connectivity index is 2.05. The molecule has 1 aromatic carbocycles. The third-order valence-electron chi connectivity index (χ3n) is 3.88. The maximum atomic E-state index is 12.1. The second-order valence-electron chi connectivity index (χ2n) is 5.33. The van der Waals surface area contributed by atoms with Crippen molar-refractivity contribution in [1.82, 2.24) is 0 Å². The Morgan fingerprint density at radius 1 is 1.40 bits per heavy atom. The zero-order chi connectivity index (χ0) is 14.7. The van der Waals surface area contributed by atoms with Gasteiger partial charge in [-0.15, -0.1) is 0 Å². The number of benzene rings is 1. The summed E-state index contributed by atoms with van der Waals surface area (Å²) in [6.45, 7) is 2.18. The van der Waals surface area contributed by atoms with Crippen LogP contribution in [0.1, 0.15) is 49.4 Å². The van der Waals surface area contributed by atoms with E-state index in [1.807, 2.05) is 0 Å². The lowest BCUT2D eigenvalue weighted by atomic mass is 9.85. The van der Waals surface area contributed by atoms with Gasteiger partial charge in [0.2, 0.25) is 0 Å². The largest absolute Gasteiger partial charge is 0.459 e. The molecular weight excluding hydrogens is 297 g/mol. The molecule has 2 N–H and O–H groups in total. The van der Waals surface area contributed by atoms with E-state index in [1.165, 1.54) is 18.6 Å². The molecule has 0 aromatic heterocycles. The summed E-state index contributed by atoms with van der Waals surface area (Å²) in [4.78, 5) is 12.1. The number of hydrogen-bond donors (Lipinski definition) is 1. The van der Waals surface area contributed by atoms with E-state index >= 15 is 0 Å². The summed E-state index contributed by atoms with van der Waals surface area (Å²) in [5.41, 5.74) is 6.36. The molecule has 1 fully saturated rings. The summed E-state index contributed by atoms with van der Waals surface area (Å²) in [6.07, 6.45) is 5.34. The van der Waals surface area contributed by atoms with Gasteiger partial charge in [0.25, 0.3) is 0 Å². The number of ether oxygens (including phenoxy) is 1. The third-order valence-corrected chi connectivity index (χ3v) is 4.69. The second-order valence-corrected chi connectivity index (χ2v) is 6.11. The zero-order valence-electron chi connectivity index (χ0n) is 11.5. The molecule has 0 heterocycles. The maximum absolute atomic E-state index is 12.1. The smallest absolute Gasteiger partial charge is 0.338 e. The highest BCUT2D eigenvalue weighted by Gasteiger charge is 2.24. The summed E-state index contributed by atoms with van der Waals surface area (Å²) in [5.74, 6) is 0.275. The number of esters is 1. The van der Waals surface area contributed by atoms with Gasteiger partial charge in [-0.3, -0.25) is 0 Å². The number of carbonyl (C=O) groups excluding carboxylic acids is 1. The molecule has 0 spiro atoms. The van der Waals surface area contributed by atoms with Gasteiger partial charge in [-0.05, 0) is 37.3 Å². The number of nitrogen functional groups attached to an aromatic ring is 1. The minimum atomic E-state index is -0.378. The van der Waals surface area contributed by atoms with Gasteiger partial charge in [0, 0.05) is 0 Å². The normalized spacial score (nSPS) is 22.6. The summed E-state index contributed by atoms with van der Waals surface area (Å²) < 4.78 is 5.56. The van der Waals surface area contributed by atoms with E-state index in [0.717, 1.165) is 25.7 Å². The summed E-state index contributed by atoms with van der Waals surface area (Å²) in [5, 5.41) is 0.542. The highest BCUT2D eigenvalue weighted by atomic mass is 35.5. The van der Waals surface area contributed by atoms with Crippen LogP contribution in [-0.4, -0.2) is 12.1 Å². The zero-order valence-corrected chi connectivity index (χ0v) is 13.0. The Labute approximate surface area is 129 Å². The molecule has 1 aliphatic rings. The number of anilines is 1. The van der Waals surface area contributed by atoms with E-state index in [2.05, 4.69) is 6.92 Å². The van der Waals surface area contributed by atoms with Gasteiger partial charge in [-0.2, -0.15) is 0 Å². The Kier molecular flexibility index (Phi) is 5.17. The van der Waals surface area contributed by atoms with E-state index in [1.54, 1.807) is 0 Å². The monoisotopic (exact) mass is 315 g/mol. The van der Waals surface area contributed by atoms with Gasteiger partial charge in [-0.25, -0.2) is 4.79 Å². The lowest BCUT2D eigenvalue weighted by molar-refractivity contribution is 0.0140. The van der Waals surface area contributed by atoms with Crippen LogP contribution in [0.5, 0.6) is 0 Å². The fourth-order valence-electron chi connectivity index (χ4n) is 2.67. The van der Waals surface area contributed by atoms with Gasteiger partial charge in [0.05, 0.1) is 21.3 Å². The third kappa shape index (κ3) is 3.58. The molecule has 0 radical (unpaired) electrons. The molecule has 0 aliphatic heterocycles. The first-order valence-electron chi connectivity index (χ1n) is 6.96. The first kappa shape index (κ1) is 15.5. The fraction of sp³-hybridized carbons (Fsp3) is 0.533. The molecule has 3 nitrogen and oxygen atoms in total. The average molecular weight is 316 g/mol. The van der Waals surface area contributed by atoms with Crippen molar-refractivity contribution in [2.75, 3.05) is 5.73 Å². The van der Waals surface area contributed by atoms with E-state index in [-0.39, 0.29) is 22.1 Å². The van der Waals surface area contributed by atoms with Gasteiger partial charge in [0.15, 0.2) is 0 Å². The van der Waals surface area contributed by atoms with Crippen LogP contribution in [0, 0.1) is 5.92 Å². The quantitative estimate of drug-likeness (QED) is 0.649. The number of rotatable bonds is 3. The Hall–Kier alpha value is -0.930. The summed E-state index contributed by atoms with van der Waals surface area (Å²) >= 11 is 11.8. The van der Waals surface area contributed by atoms with Crippen molar-refractivity contribution in [3.63, 3.8) is 0 Å². The molecule has 1 saturated carbocycles. The predicted octanol–water partition coefficient (Wildman–Crippen LogP) is 4.70. The van der Waals surface area contributed by atoms with Crippen molar-refractivity contribution in [2.45, 2.75) is 45.1 Å². The maximum Gasteiger partial charge on any atom is 0.338 e. The Bertz CT molecular complexity index is 482. The fourth-order valence-corrected chi connectivity index (χ4v) is 3.00. The lowest BCUT2D eigenvalue weighted by Crippen LogP contribution is -2.25.